The third-order valence-corrected chi connectivity index (χ3v) is 2.95. The third kappa shape index (κ3) is 3.65. The van der Waals surface area contributed by atoms with Gasteiger partial charge in [-0.25, -0.2) is 4.79 Å². The number of β-amino-alcohol motifs (C(OH)–C–C–N with tert-alkyl or cyclic N) is 1. The van der Waals surface area contributed by atoms with E-state index in [1.54, 1.807) is 4.90 Å². The van der Waals surface area contributed by atoms with Crippen molar-refractivity contribution in [1.29, 1.82) is 0 Å². The molecule has 15 heavy (non-hydrogen) atoms. The van der Waals surface area contributed by atoms with Crippen LogP contribution in [-0.2, 0) is 4.74 Å². The SMILES string of the molecule is CC(C)(C)OC(=O)N1C[C@@H](O)C[C@@H]1CBr. The van der Waals surface area contributed by atoms with Crippen LogP contribution < -0.4 is 0 Å². The predicted molar refractivity (Wildman–Crippen MR) is 61.1 cm³/mol. The van der Waals surface area contributed by atoms with E-state index in [0.29, 0.717) is 18.3 Å². The molecule has 2 atom stereocenters. The molecule has 0 radical (unpaired) electrons. The fourth-order valence-electron chi connectivity index (χ4n) is 1.58. The molecule has 1 aliphatic rings. The summed E-state index contributed by atoms with van der Waals surface area (Å²) in [5.41, 5.74) is -0.485. The van der Waals surface area contributed by atoms with E-state index in [9.17, 15) is 9.90 Å². The number of amides is 1. The number of carbonyl (C=O) groups is 1. The number of halogens is 1. The van der Waals surface area contributed by atoms with Crippen LogP contribution >= 0.6 is 15.9 Å². The summed E-state index contributed by atoms with van der Waals surface area (Å²) in [4.78, 5) is 13.3. The number of hydrogen-bond acceptors (Lipinski definition) is 3. The second-order valence-corrected chi connectivity index (χ2v) is 5.48. The van der Waals surface area contributed by atoms with Gasteiger partial charge in [0.05, 0.1) is 12.6 Å². The normalized spacial score (nSPS) is 26.9. The summed E-state index contributed by atoms with van der Waals surface area (Å²) in [6.07, 6.45) is -0.159. The molecule has 1 saturated heterocycles. The summed E-state index contributed by atoms with van der Waals surface area (Å²) in [6, 6.07) is 0.0369. The second kappa shape index (κ2) is 4.70. The van der Waals surface area contributed by atoms with E-state index in [1.807, 2.05) is 20.8 Å². The Bertz CT molecular complexity index is 239. The van der Waals surface area contributed by atoms with E-state index in [-0.39, 0.29) is 12.1 Å². The minimum atomic E-state index is -0.485. The van der Waals surface area contributed by atoms with Gasteiger partial charge >= 0.3 is 6.09 Å². The first-order valence-electron chi connectivity index (χ1n) is 5.07. The fourth-order valence-corrected chi connectivity index (χ4v) is 2.20. The van der Waals surface area contributed by atoms with Gasteiger partial charge in [0.1, 0.15) is 5.60 Å². The Balaban J connectivity index is 2.59. The zero-order valence-electron chi connectivity index (χ0n) is 9.36. The van der Waals surface area contributed by atoms with Crippen molar-refractivity contribution < 1.29 is 14.6 Å². The van der Waals surface area contributed by atoms with Crippen molar-refractivity contribution in [3.8, 4) is 0 Å². The first-order chi connectivity index (χ1) is 6.83. The number of nitrogens with zero attached hydrogens (tertiary/aromatic N) is 1. The molecule has 1 N–H and O–H groups in total. The number of carbonyl (C=O) groups excluding carboxylic acids is 1. The largest absolute Gasteiger partial charge is 0.444 e. The van der Waals surface area contributed by atoms with Crippen LogP contribution in [0.2, 0.25) is 0 Å². The summed E-state index contributed by atoms with van der Waals surface area (Å²) >= 11 is 3.33. The highest BCUT2D eigenvalue weighted by Gasteiger charge is 2.35. The minimum absolute atomic E-state index is 0.0369. The van der Waals surface area contributed by atoms with E-state index in [1.165, 1.54) is 0 Å². The highest BCUT2D eigenvalue weighted by Crippen LogP contribution is 2.22. The van der Waals surface area contributed by atoms with Crippen LogP contribution in [0.15, 0.2) is 0 Å². The molecule has 0 saturated carbocycles. The lowest BCUT2D eigenvalue weighted by Crippen LogP contribution is -2.40. The summed E-state index contributed by atoms with van der Waals surface area (Å²) in [6.45, 7) is 5.87. The van der Waals surface area contributed by atoms with Gasteiger partial charge in [-0.3, -0.25) is 0 Å². The molecule has 1 amide bonds. The molecule has 0 unspecified atom stereocenters. The standard InChI is InChI=1S/C10H18BrNO3/c1-10(2,3)15-9(14)12-6-8(13)4-7(12)5-11/h7-8,13H,4-6H2,1-3H3/t7-,8+/m1/s1. The van der Waals surface area contributed by atoms with Crippen LogP contribution in [0.4, 0.5) is 4.79 Å². The van der Waals surface area contributed by atoms with Gasteiger partial charge in [-0.1, -0.05) is 15.9 Å². The van der Waals surface area contributed by atoms with Crippen LogP contribution in [0.25, 0.3) is 0 Å². The van der Waals surface area contributed by atoms with Gasteiger partial charge in [-0.05, 0) is 27.2 Å². The van der Waals surface area contributed by atoms with Crippen LogP contribution in [0.5, 0.6) is 0 Å². The van der Waals surface area contributed by atoms with Crippen LogP contribution in [-0.4, -0.2) is 45.7 Å². The lowest BCUT2D eigenvalue weighted by molar-refractivity contribution is 0.0223. The zero-order valence-corrected chi connectivity index (χ0v) is 11.0. The van der Waals surface area contributed by atoms with Crippen LogP contribution in [0.3, 0.4) is 0 Å². The lowest BCUT2D eigenvalue weighted by Gasteiger charge is -2.27. The maximum Gasteiger partial charge on any atom is 0.410 e. The molecule has 0 aromatic rings. The summed E-state index contributed by atoms with van der Waals surface area (Å²) in [7, 11) is 0. The Morgan fingerprint density at radius 1 is 1.60 bits per heavy atom. The van der Waals surface area contributed by atoms with E-state index in [2.05, 4.69) is 15.9 Å². The maximum atomic E-state index is 11.7. The number of rotatable bonds is 1. The number of alkyl halides is 1. The Hall–Kier alpha value is -0.290. The van der Waals surface area contributed by atoms with E-state index in [0.717, 1.165) is 0 Å². The molecule has 0 bridgehead atoms. The molecule has 1 heterocycles. The highest BCUT2D eigenvalue weighted by molar-refractivity contribution is 9.09. The predicted octanol–water partition coefficient (Wildman–Crippen LogP) is 1.75. The van der Waals surface area contributed by atoms with Crippen molar-refractivity contribution in [2.24, 2.45) is 0 Å². The second-order valence-electron chi connectivity index (χ2n) is 4.83. The van der Waals surface area contributed by atoms with Crippen molar-refractivity contribution in [3.05, 3.63) is 0 Å². The van der Waals surface area contributed by atoms with E-state index in [4.69, 9.17) is 4.74 Å². The molecule has 4 nitrogen and oxygen atoms in total. The van der Waals surface area contributed by atoms with Gasteiger partial charge in [-0.2, -0.15) is 0 Å². The van der Waals surface area contributed by atoms with Gasteiger partial charge in [-0.15, -0.1) is 0 Å². The average Bonchev–Trinajstić information content (AvgIpc) is 2.43. The van der Waals surface area contributed by atoms with Crippen LogP contribution in [0, 0.1) is 0 Å². The summed E-state index contributed by atoms with van der Waals surface area (Å²) in [5.74, 6) is 0. The summed E-state index contributed by atoms with van der Waals surface area (Å²) < 4.78 is 5.26. The number of hydrogen-bond donors (Lipinski definition) is 1. The fraction of sp³-hybridized carbons (Fsp3) is 0.900. The number of ether oxygens (including phenoxy) is 1. The van der Waals surface area contributed by atoms with Gasteiger partial charge < -0.3 is 14.7 Å². The maximum absolute atomic E-state index is 11.7. The first-order valence-corrected chi connectivity index (χ1v) is 6.19. The molecule has 0 aromatic heterocycles. The van der Waals surface area contributed by atoms with Crippen molar-refractivity contribution in [2.75, 3.05) is 11.9 Å². The Morgan fingerprint density at radius 2 is 2.20 bits per heavy atom. The molecule has 0 aromatic carbocycles. The molecular weight excluding hydrogens is 262 g/mol. The number of aliphatic hydroxyl groups is 1. The molecule has 88 valence electrons. The number of likely N-dealkylation sites (tertiary alicyclic amines) is 1. The third-order valence-electron chi connectivity index (χ3n) is 2.20. The molecule has 0 aliphatic carbocycles. The van der Waals surface area contributed by atoms with Gasteiger partial charge in [0, 0.05) is 11.4 Å². The molecule has 5 heteroatoms. The first kappa shape index (κ1) is 12.8. The molecule has 0 spiro atoms. The zero-order chi connectivity index (χ0) is 11.6. The molecular formula is C10H18BrNO3. The van der Waals surface area contributed by atoms with Crippen molar-refractivity contribution in [1.82, 2.24) is 4.90 Å². The Labute approximate surface area is 98.7 Å². The van der Waals surface area contributed by atoms with Gasteiger partial charge in [0.2, 0.25) is 0 Å². The van der Waals surface area contributed by atoms with Gasteiger partial charge in [0.15, 0.2) is 0 Å². The Kier molecular flexibility index (Phi) is 4.00. The smallest absolute Gasteiger partial charge is 0.410 e. The topological polar surface area (TPSA) is 49.8 Å². The lowest BCUT2D eigenvalue weighted by atomic mass is 10.2. The number of aliphatic hydroxyl groups excluding tert-OH is 1. The quantitative estimate of drug-likeness (QED) is 0.744. The van der Waals surface area contributed by atoms with Crippen molar-refractivity contribution in [3.63, 3.8) is 0 Å². The van der Waals surface area contributed by atoms with Crippen molar-refractivity contribution >= 4 is 22.0 Å². The van der Waals surface area contributed by atoms with E-state index < -0.39 is 11.7 Å². The van der Waals surface area contributed by atoms with Crippen LogP contribution in [0.1, 0.15) is 27.2 Å². The van der Waals surface area contributed by atoms with E-state index >= 15 is 0 Å². The van der Waals surface area contributed by atoms with Crippen molar-refractivity contribution in [2.45, 2.75) is 44.9 Å². The monoisotopic (exact) mass is 279 g/mol. The van der Waals surface area contributed by atoms with Gasteiger partial charge in [0.25, 0.3) is 0 Å². The summed E-state index contributed by atoms with van der Waals surface area (Å²) in [5, 5.41) is 10.1. The molecule has 1 rings (SSSR count). The highest BCUT2D eigenvalue weighted by atomic mass is 79.9. The molecule has 1 aliphatic heterocycles. The average molecular weight is 280 g/mol. The Morgan fingerprint density at radius 3 is 2.67 bits per heavy atom. The molecule has 1 fully saturated rings. The minimum Gasteiger partial charge on any atom is -0.444 e.